The number of carbonyl (C=O) groups is 4. The van der Waals surface area contributed by atoms with Gasteiger partial charge in [-0.1, -0.05) is 66.7 Å². The summed E-state index contributed by atoms with van der Waals surface area (Å²) >= 11 is 1.45. The lowest BCUT2D eigenvalue weighted by Gasteiger charge is -2.62. The van der Waals surface area contributed by atoms with Crippen LogP contribution in [-0.4, -0.2) is 98.8 Å². The molecule has 2 fully saturated rings. The van der Waals surface area contributed by atoms with Gasteiger partial charge in [-0.15, -0.1) is 11.8 Å². The van der Waals surface area contributed by atoms with Crippen molar-refractivity contribution >= 4 is 47.8 Å². The smallest absolute Gasteiger partial charge is 0.336 e. The average molecular weight is 1030 g/mol. The number of methoxy groups -OCH3 is 2. The van der Waals surface area contributed by atoms with Gasteiger partial charge in [0, 0.05) is 65.7 Å². The van der Waals surface area contributed by atoms with E-state index in [9.17, 15) is 19.6 Å². The molecular formula is C58H54N4O12S. The van der Waals surface area contributed by atoms with Gasteiger partial charge in [0.1, 0.15) is 18.4 Å². The number of hydrogen-bond acceptors (Lipinski definition) is 17. The monoisotopic (exact) mass is 1030 g/mol. The minimum atomic E-state index is -1.49. The van der Waals surface area contributed by atoms with E-state index in [1.165, 1.54) is 37.9 Å². The second-order valence-electron chi connectivity index (χ2n) is 19.4. The van der Waals surface area contributed by atoms with Crippen LogP contribution in [0.15, 0.2) is 91.0 Å². The molecule has 4 bridgehead atoms. The molecule has 0 radical (unpaired) electrons. The van der Waals surface area contributed by atoms with Crippen LogP contribution in [0.3, 0.4) is 0 Å². The summed E-state index contributed by atoms with van der Waals surface area (Å²) in [6.07, 6.45) is 6.98. The average Bonchev–Trinajstić information content (AvgIpc) is 3.91. The van der Waals surface area contributed by atoms with E-state index in [1.54, 1.807) is 31.4 Å². The lowest BCUT2D eigenvalue weighted by atomic mass is 9.71. The number of piperazine rings is 1. The third-order valence-electron chi connectivity index (χ3n) is 15.2. The standard InChI is InChI=1S/C58H54N4O12S/c1-31-23-37-24-39-40(27-59)62-41-28-69-57(66)58(38-26-42(67-5)43(25-36(38)21-22-60-58)73-44(64)19-17-34-13-9-7-10-14-34)29-75-56(48-47(41)54-53(70-30-71-54)32(2)52(48)72-33(3)63)50(62)49(61(39)4)46(37)55(51(31)68-6)74-45(65)20-18-35-15-11-8-12-16-35/h7-20,23,25-26,39-41,49-50,56,60H,21-22,24,28-30H2,1-6H3/b19-17+,20-18?/t39-,40-,41-,49+,50?,56+,58+/m0/s1. The number of thioether (sulfide) groups is 1. The van der Waals surface area contributed by atoms with Crippen molar-refractivity contribution in [2.24, 2.45) is 0 Å². The molecule has 7 heterocycles. The lowest BCUT2D eigenvalue weighted by Crippen LogP contribution is -2.69. The van der Waals surface area contributed by atoms with Crippen molar-refractivity contribution in [2.45, 2.75) is 74.6 Å². The third-order valence-corrected chi connectivity index (χ3v) is 16.7. The van der Waals surface area contributed by atoms with Crippen LogP contribution in [0.2, 0.25) is 0 Å². The molecule has 1 N–H and O–H groups in total. The fourth-order valence-electron chi connectivity index (χ4n) is 12.1. The SMILES string of the molecule is COc1cc2c(cc1OC(=O)/C=C/c1ccccc1)CCN[C@]21CS[C@@H]2c3c(OC(C)=O)c(C)c4c(c3[C@H](COC1=O)N1C2[C@H]2c3c(cc(C)c(OC)c3OC(=O)C=Cc3ccccc3)C[C@@H]([C@@H]1C#N)N2C)OCO4. The number of rotatable bonds is 9. The van der Waals surface area contributed by atoms with Gasteiger partial charge in [0.15, 0.2) is 40.0 Å². The number of hydrogen-bond donors (Lipinski definition) is 1. The Morgan fingerprint density at radius 3 is 2.17 bits per heavy atom. The van der Waals surface area contributed by atoms with E-state index in [1.807, 2.05) is 87.6 Å². The summed E-state index contributed by atoms with van der Waals surface area (Å²) in [5, 5.41) is 14.4. The van der Waals surface area contributed by atoms with Crippen molar-refractivity contribution in [1.29, 1.82) is 5.26 Å². The van der Waals surface area contributed by atoms with Crippen LogP contribution in [0.5, 0.6) is 40.2 Å². The summed E-state index contributed by atoms with van der Waals surface area (Å²) in [5.41, 5.74) is 5.59. The summed E-state index contributed by atoms with van der Waals surface area (Å²) in [6, 6.07) is 23.7. The number of benzene rings is 5. The molecule has 384 valence electrons. The van der Waals surface area contributed by atoms with Gasteiger partial charge in [-0.25, -0.2) is 14.4 Å². The number of nitrogens with one attached hydrogen (secondary N) is 1. The van der Waals surface area contributed by atoms with E-state index in [-0.39, 0.29) is 42.2 Å². The first-order valence-electron chi connectivity index (χ1n) is 24.7. The number of likely N-dealkylation sites (N-methyl/N-ethyl adjacent to an activating group) is 1. The summed E-state index contributed by atoms with van der Waals surface area (Å²) in [4.78, 5) is 60.3. The van der Waals surface area contributed by atoms with Crippen LogP contribution in [-0.2, 0) is 42.3 Å². The van der Waals surface area contributed by atoms with E-state index >= 15 is 4.79 Å². The van der Waals surface area contributed by atoms with Crippen LogP contribution >= 0.6 is 11.8 Å². The van der Waals surface area contributed by atoms with Crippen molar-refractivity contribution in [3.8, 4) is 46.3 Å². The molecule has 0 saturated carbocycles. The predicted molar refractivity (Wildman–Crippen MR) is 277 cm³/mol. The number of aryl methyl sites for hydroxylation is 1. The van der Waals surface area contributed by atoms with E-state index in [2.05, 4.69) is 21.2 Å². The molecule has 1 unspecified atom stereocenters. The predicted octanol–water partition coefficient (Wildman–Crippen LogP) is 7.81. The molecule has 7 atom stereocenters. The lowest BCUT2D eigenvalue weighted by molar-refractivity contribution is -0.157. The minimum absolute atomic E-state index is 0.0559. The fourth-order valence-corrected chi connectivity index (χ4v) is 13.8. The molecule has 16 nitrogen and oxygen atoms in total. The number of nitriles is 1. The van der Waals surface area contributed by atoms with Crippen LogP contribution in [0, 0.1) is 25.2 Å². The highest BCUT2D eigenvalue weighted by Crippen LogP contribution is 2.65. The second-order valence-corrected chi connectivity index (χ2v) is 20.5. The van der Waals surface area contributed by atoms with Gasteiger partial charge in [0.2, 0.25) is 6.79 Å². The molecule has 7 aliphatic rings. The Morgan fingerprint density at radius 1 is 0.813 bits per heavy atom. The molecule has 75 heavy (non-hydrogen) atoms. The topological polar surface area (TPSA) is 184 Å². The highest BCUT2D eigenvalue weighted by molar-refractivity contribution is 7.99. The highest BCUT2D eigenvalue weighted by atomic mass is 32.2. The molecule has 5 aromatic carbocycles. The zero-order chi connectivity index (χ0) is 52.3. The number of carbonyl (C=O) groups excluding carboxylic acids is 4. The number of ether oxygens (including phenoxy) is 8. The molecule has 0 aromatic heterocycles. The molecule has 0 aliphatic carbocycles. The van der Waals surface area contributed by atoms with Gasteiger partial charge in [-0.3, -0.25) is 19.9 Å². The first kappa shape index (κ1) is 49.6. The third kappa shape index (κ3) is 8.46. The Hall–Kier alpha value is -7.62. The molecule has 12 rings (SSSR count). The summed E-state index contributed by atoms with van der Waals surface area (Å²) in [6.45, 7) is 5.06. The molecule has 1 spiro atoms. The molecule has 7 aliphatic heterocycles. The summed E-state index contributed by atoms with van der Waals surface area (Å²) < 4.78 is 49.7. The Morgan fingerprint density at radius 2 is 1.51 bits per heavy atom. The normalized spacial score (nSPS) is 24.3. The molecule has 2 saturated heterocycles. The largest absolute Gasteiger partial charge is 0.493 e. The Bertz CT molecular complexity index is 3270. The maximum Gasteiger partial charge on any atom is 0.336 e. The van der Waals surface area contributed by atoms with Gasteiger partial charge in [0.05, 0.1) is 37.6 Å². The van der Waals surface area contributed by atoms with Gasteiger partial charge >= 0.3 is 23.9 Å². The van der Waals surface area contributed by atoms with Crippen molar-refractivity contribution in [3.63, 3.8) is 0 Å². The maximum absolute atomic E-state index is 15.3. The van der Waals surface area contributed by atoms with Crippen molar-refractivity contribution in [3.05, 3.63) is 147 Å². The van der Waals surface area contributed by atoms with Crippen molar-refractivity contribution < 1.29 is 57.1 Å². The molecule has 17 heteroatoms. The van der Waals surface area contributed by atoms with Crippen LogP contribution in [0.25, 0.3) is 12.2 Å². The van der Waals surface area contributed by atoms with Crippen LogP contribution in [0.4, 0.5) is 0 Å². The fraction of sp³-hybridized carbons (Fsp3) is 0.328. The first-order valence-corrected chi connectivity index (χ1v) is 25.8. The summed E-state index contributed by atoms with van der Waals surface area (Å²) in [5.74, 6) is -0.134. The van der Waals surface area contributed by atoms with Crippen LogP contribution < -0.4 is 38.5 Å². The van der Waals surface area contributed by atoms with Crippen molar-refractivity contribution in [2.75, 3.05) is 47.0 Å². The number of nitrogens with zero attached hydrogens (tertiary/aromatic N) is 3. The Kier molecular flexibility index (Phi) is 13.2. The van der Waals surface area contributed by atoms with E-state index < -0.39 is 64.9 Å². The zero-order valence-corrected chi connectivity index (χ0v) is 43.0. The Labute approximate surface area is 438 Å². The second kappa shape index (κ2) is 19.9. The molecular weight excluding hydrogens is 977 g/mol. The summed E-state index contributed by atoms with van der Waals surface area (Å²) in [7, 11) is 5.00. The van der Waals surface area contributed by atoms with Gasteiger partial charge < -0.3 is 37.9 Å². The maximum atomic E-state index is 15.3. The van der Waals surface area contributed by atoms with Crippen molar-refractivity contribution in [1.82, 2.24) is 15.1 Å². The minimum Gasteiger partial charge on any atom is -0.493 e. The van der Waals surface area contributed by atoms with Gasteiger partial charge in [-0.2, -0.15) is 5.26 Å². The van der Waals surface area contributed by atoms with E-state index in [0.29, 0.717) is 64.5 Å². The van der Waals surface area contributed by atoms with Gasteiger partial charge in [-0.05, 0) is 91.4 Å². The Balaban J connectivity index is 1.08. The number of fused-ring (bicyclic) bond motifs is 9. The molecule has 5 aromatic rings. The van der Waals surface area contributed by atoms with E-state index in [4.69, 9.17) is 37.9 Å². The zero-order valence-electron chi connectivity index (χ0n) is 42.2. The van der Waals surface area contributed by atoms with Gasteiger partial charge in [0.25, 0.3) is 0 Å². The number of esters is 4. The highest BCUT2D eigenvalue weighted by Gasteiger charge is 2.62. The first-order chi connectivity index (χ1) is 36.3. The molecule has 0 amide bonds. The quantitative estimate of drug-likeness (QED) is 0.0856. The van der Waals surface area contributed by atoms with E-state index in [0.717, 1.165) is 27.8 Å². The van der Waals surface area contributed by atoms with Crippen LogP contribution in [0.1, 0.15) is 79.9 Å².